The number of pyridine rings is 1. The third kappa shape index (κ3) is 2.57. The van der Waals surface area contributed by atoms with E-state index in [9.17, 15) is 4.79 Å². The Labute approximate surface area is 104 Å². The summed E-state index contributed by atoms with van der Waals surface area (Å²) in [6.45, 7) is 0. The van der Waals surface area contributed by atoms with Crippen LogP contribution in [0.4, 0.5) is 0 Å². The second kappa shape index (κ2) is 5.18. The number of rotatable bonds is 4. The van der Waals surface area contributed by atoms with Crippen molar-refractivity contribution in [3.63, 3.8) is 0 Å². The summed E-state index contributed by atoms with van der Waals surface area (Å²) in [6, 6.07) is 8.50. The molecule has 5 nitrogen and oxygen atoms in total. The maximum absolute atomic E-state index is 10.8. The molecule has 0 aliphatic heterocycles. The highest BCUT2D eigenvalue weighted by Crippen LogP contribution is 2.30. The molecule has 0 amide bonds. The van der Waals surface area contributed by atoms with E-state index in [2.05, 4.69) is 4.98 Å². The highest BCUT2D eigenvalue weighted by atomic mass is 16.5. The Balaban J connectivity index is 2.28. The average molecular weight is 245 g/mol. The molecule has 0 fully saturated rings. The van der Waals surface area contributed by atoms with Gasteiger partial charge in [0.1, 0.15) is 5.75 Å². The molecule has 0 spiro atoms. The molecule has 5 heteroatoms. The smallest absolute Gasteiger partial charge is 0.337 e. The zero-order valence-electron chi connectivity index (χ0n) is 9.66. The van der Waals surface area contributed by atoms with Gasteiger partial charge in [-0.05, 0) is 18.2 Å². The summed E-state index contributed by atoms with van der Waals surface area (Å²) in [5, 5.41) is 8.86. The van der Waals surface area contributed by atoms with Crippen LogP contribution in [-0.2, 0) is 0 Å². The van der Waals surface area contributed by atoms with Gasteiger partial charge >= 0.3 is 5.97 Å². The Morgan fingerprint density at radius 1 is 1.22 bits per heavy atom. The lowest BCUT2D eigenvalue weighted by atomic mass is 10.3. The van der Waals surface area contributed by atoms with E-state index in [0.717, 1.165) is 0 Å². The van der Waals surface area contributed by atoms with Crippen molar-refractivity contribution in [2.24, 2.45) is 0 Å². The average Bonchev–Trinajstić information content (AvgIpc) is 2.39. The van der Waals surface area contributed by atoms with Crippen LogP contribution in [-0.4, -0.2) is 23.2 Å². The van der Waals surface area contributed by atoms with Crippen LogP contribution in [0.15, 0.2) is 42.7 Å². The van der Waals surface area contributed by atoms with E-state index in [1.807, 2.05) is 6.07 Å². The first kappa shape index (κ1) is 11.9. The SMILES string of the molecule is COc1ccccc1Oc1cncc(C(=O)O)c1. The van der Waals surface area contributed by atoms with Crippen molar-refractivity contribution in [1.82, 2.24) is 4.98 Å². The molecule has 1 aromatic carbocycles. The van der Waals surface area contributed by atoms with Crippen LogP contribution in [0.3, 0.4) is 0 Å². The number of methoxy groups -OCH3 is 1. The third-order valence-electron chi connectivity index (χ3n) is 2.26. The predicted octanol–water partition coefficient (Wildman–Crippen LogP) is 2.58. The zero-order chi connectivity index (χ0) is 13.0. The van der Waals surface area contributed by atoms with Crippen molar-refractivity contribution in [1.29, 1.82) is 0 Å². The van der Waals surface area contributed by atoms with E-state index < -0.39 is 5.97 Å². The number of aromatic nitrogens is 1. The summed E-state index contributed by atoms with van der Waals surface area (Å²) in [6.07, 6.45) is 2.70. The summed E-state index contributed by atoms with van der Waals surface area (Å²) >= 11 is 0. The lowest BCUT2D eigenvalue weighted by Crippen LogP contribution is -1.98. The molecule has 2 aromatic rings. The Hall–Kier alpha value is -2.56. The number of carboxylic acids is 1. The summed E-state index contributed by atoms with van der Waals surface area (Å²) in [4.78, 5) is 14.6. The molecular formula is C13H11NO4. The fraction of sp³-hybridized carbons (Fsp3) is 0.0769. The number of carboxylic acid groups (broad SMARTS) is 1. The van der Waals surface area contributed by atoms with E-state index in [1.54, 1.807) is 18.2 Å². The fourth-order valence-corrected chi connectivity index (χ4v) is 1.42. The first-order chi connectivity index (χ1) is 8.70. The van der Waals surface area contributed by atoms with Gasteiger partial charge in [0, 0.05) is 6.20 Å². The lowest BCUT2D eigenvalue weighted by Gasteiger charge is -2.09. The highest BCUT2D eigenvalue weighted by molar-refractivity contribution is 5.87. The first-order valence-corrected chi connectivity index (χ1v) is 5.20. The Morgan fingerprint density at radius 2 is 1.94 bits per heavy atom. The van der Waals surface area contributed by atoms with Gasteiger partial charge < -0.3 is 14.6 Å². The molecule has 0 bridgehead atoms. The van der Waals surface area contributed by atoms with Crippen molar-refractivity contribution in [3.05, 3.63) is 48.3 Å². The van der Waals surface area contributed by atoms with Gasteiger partial charge in [-0.15, -0.1) is 0 Å². The van der Waals surface area contributed by atoms with E-state index >= 15 is 0 Å². The normalized spacial score (nSPS) is 9.83. The van der Waals surface area contributed by atoms with Crippen LogP contribution < -0.4 is 9.47 Å². The van der Waals surface area contributed by atoms with E-state index in [-0.39, 0.29) is 5.56 Å². The maximum atomic E-state index is 10.8. The molecule has 0 radical (unpaired) electrons. The molecule has 1 N–H and O–H groups in total. The minimum atomic E-state index is -1.05. The van der Waals surface area contributed by atoms with Crippen molar-refractivity contribution in [2.45, 2.75) is 0 Å². The molecule has 0 aliphatic carbocycles. The van der Waals surface area contributed by atoms with Gasteiger partial charge in [-0.2, -0.15) is 0 Å². The van der Waals surface area contributed by atoms with Crippen molar-refractivity contribution < 1.29 is 19.4 Å². The fourth-order valence-electron chi connectivity index (χ4n) is 1.42. The van der Waals surface area contributed by atoms with Gasteiger partial charge in [0.25, 0.3) is 0 Å². The van der Waals surface area contributed by atoms with E-state index in [1.165, 1.54) is 25.6 Å². The summed E-state index contributed by atoms with van der Waals surface area (Å²) in [5.41, 5.74) is 0.0717. The number of benzene rings is 1. The Bertz CT molecular complexity index is 568. The molecule has 1 heterocycles. The van der Waals surface area contributed by atoms with Crippen LogP contribution in [0, 0.1) is 0 Å². The van der Waals surface area contributed by atoms with Crippen LogP contribution in [0.2, 0.25) is 0 Å². The highest BCUT2D eigenvalue weighted by Gasteiger charge is 2.08. The minimum Gasteiger partial charge on any atom is -0.493 e. The quantitative estimate of drug-likeness (QED) is 0.896. The van der Waals surface area contributed by atoms with Crippen LogP contribution >= 0.6 is 0 Å². The number of para-hydroxylation sites is 2. The second-order valence-electron chi connectivity index (χ2n) is 3.47. The number of ether oxygens (including phenoxy) is 2. The van der Waals surface area contributed by atoms with Gasteiger partial charge in [-0.1, -0.05) is 12.1 Å². The molecule has 92 valence electrons. The van der Waals surface area contributed by atoms with E-state index in [4.69, 9.17) is 14.6 Å². The van der Waals surface area contributed by atoms with Crippen LogP contribution in [0.1, 0.15) is 10.4 Å². The molecular weight excluding hydrogens is 234 g/mol. The maximum Gasteiger partial charge on any atom is 0.337 e. The Kier molecular flexibility index (Phi) is 3.43. The summed E-state index contributed by atoms with van der Waals surface area (Å²) < 4.78 is 10.7. The number of nitrogens with zero attached hydrogens (tertiary/aromatic N) is 1. The number of carbonyl (C=O) groups is 1. The van der Waals surface area contributed by atoms with Crippen molar-refractivity contribution in [3.8, 4) is 17.2 Å². The number of hydrogen-bond donors (Lipinski definition) is 1. The van der Waals surface area contributed by atoms with E-state index in [0.29, 0.717) is 17.2 Å². The van der Waals surface area contributed by atoms with Crippen LogP contribution in [0.5, 0.6) is 17.2 Å². The third-order valence-corrected chi connectivity index (χ3v) is 2.26. The second-order valence-corrected chi connectivity index (χ2v) is 3.47. The van der Waals surface area contributed by atoms with Crippen molar-refractivity contribution in [2.75, 3.05) is 7.11 Å². The molecule has 18 heavy (non-hydrogen) atoms. The standard InChI is InChI=1S/C13H11NO4/c1-17-11-4-2-3-5-12(11)18-10-6-9(13(15)16)7-14-8-10/h2-8H,1H3,(H,15,16). The molecule has 0 aliphatic rings. The summed E-state index contributed by atoms with van der Waals surface area (Å²) in [5.74, 6) is 0.370. The summed E-state index contributed by atoms with van der Waals surface area (Å²) in [7, 11) is 1.54. The van der Waals surface area contributed by atoms with Crippen LogP contribution in [0.25, 0.3) is 0 Å². The molecule has 2 rings (SSSR count). The first-order valence-electron chi connectivity index (χ1n) is 5.20. The molecule has 0 saturated heterocycles. The topological polar surface area (TPSA) is 68.7 Å². The van der Waals surface area contributed by atoms with Gasteiger partial charge in [-0.3, -0.25) is 4.98 Å². The Morgan fingerprint density at radius 3 is 2.61 bits per heavy atom. The molecule has 1 aromatic heterocycles. The monoisotopic (exact) mass is 245 g/mol. The van der Waals surface area contributed by atoms with Gasteiger partial charge in [0.15, 0.2) is 11.5 Å². The molecule has 0 atom stereocenters. The van der Waals surface area contributed by atoms with Gasteiger partial charge in [0.05, 0.1) is 18.9 Å². The molecule has 0 unspecified atom stereocenters. The van der Waals surface area contributed by atoms with Gasteiger partial charge in [-0.25, -0.2) is 4.79 Å². The number of aromatic carboxylic acids is 1. The van der Waals surface area contributed by atoms with Crippen molar-refractivity contribution >= 4 is 5.97 Å². The zero-order valence-corrected chi connectivity index (χ0v) is 9.66. The lowest BCUT2D eigenvalue weighted by molar-refractivity contribution is 0.0696. The number of hydrogen-bond acceptors (Lipinski definition) is 4. The largest absolute Gasteiger partial charge is 0.493 e. The molecule has 0 saturated carbocycles. The predicted molar refractivity (Wildman–Crippen MR) is 64.3 cm³/mol. The van der Waals surface area contributed by atoms with Gasteiger partial charge in [0.2, 0.25) is 0 Å². The minimum absolute atomic E-state index is 0.0717.